The van der Waals surface area contributed by atoms with Crippen LogP contribution in [0.25, 0.3) is 11.0 Å². The lowest BCUT2D eigenvalue weighted by molar-refractivity contribution is 0.503. The van der Waals surface area contributed by atoms with E-state index in [1.807, 2.05) is 31.2 Å². The highest BCUT2D eigenvalue weighted by atomic mass is 19.2. The van der Waals surface area contributed by atoms with Gasteiger partial charge in [-0.25, -0.2) is 23.1 Å². The highest BCUT2D eigenvalue weighted by Crippen LogP contribution is 2.32. The van der Waals surface area contributed by atoms with Crippen LogP contribution in [0.1, 0.15) is 17.7 Å². The van der Waals surface area contributed by atoms with Gasteiger partial charge < -0.3 is 4.90 Å². The van der Waals surface area contributed by atoms with Gasteiger partial charge in [0.1, 0.15) is 5.82 Å². The topological polar surface area (TPSA) is 33.4 Å². The predicted molar refractivity (Wildman–Crippen MR) is 94.8 cm³/mol. The van der Waals surface area contributed by atoms with Crippen LogP contribution in [0.2, 0.25) is 0 Å². The van der Waals surface area contributed by atoms with E-state index in [4.69, 9.17) is 0 Å². The molecule has 4 rings (SSSR count). The third-order valence-electron chi connectivity index (χ3n) is 4.31. The van der Waals surface area contributed by atoms with Gasteiger partial charge in [-0.15, -0.1) is 0 Å². The fourth-order valence-corrected chi connectivity index (χ4v) is 3.06. The van der Waals surface area contributed by atoms with Crippen molar-refractivity contribution in [2.45, 2.75) is 20.1 Å². The van der Waals surface area contributed by atoms with Crippen molar-refractivity contribution in [2.24, 2.45) is 4.99 Å². The number of imidazole rings is 1. The van der Waals surface area contributed by atoms with Crippen LogP contribution in [0.4, 0.5) is 18.9 Å². The van der Waals surface area contributed by atoms with E-state index < -0.39 is 23.8 Å². The third-order valence-corrected chi connectivity index (χ3v) is 4.31. The summed E-state index contributed by atoms with van der Waals surface area (Å²) in [6.07, 6.45) is 1.74. The molecule has 2 heterocycles. The van der Waals surface area contributed by atoms with Crippen molar-refractivity contribution in [1.82, 2.24) is 9.55 Å². The van der Waals surface area contributed by atoms with E-state index in [0.717, 1.165) is 29.6 Å². The van der Waals surface area contributed by atoms with E-state index in [-0.39, 0.29) is 0 Å². The van der Waals surface area contributed by atoms with Crippen molar-refractivity contribution in [2.75, 3.05) is 4.90 Å². The molecular weight excluding hydrogens is 341 g/mol. The molecule has 0 spiro atoms. The lowest BCUT2D eigenvalue weighted by atomic mass is 10.2. The quantitative estimate of drug-likeness (QED) is 0.661. The first-order valence-corrected chi connectivity index (χ1v) is 8.03. The molecule has 4 nitrogen and oxygen atoms in total. The van der Waals surface area contributed by atoms with Crippen molar-refractivity contribution < 1.29 is 13.2 Å². The molecular formula is C19H15F3N4. The zero-order chi connectivity index (χ0) is 18.4. The Kier molecular flexibility index (Phi) is 3.79. The molecule has 1 unspecified atom stereocenters. The number of halogens is 3. The van der Waals surface area contributed by atoms with Crippen molar-refractivity contribution in [3.8, 4) is 0 Å². The van der Waals surface area contributed by atoms with Crippen molar-refractivity contribution in [3.05, 3.63) is 71.4 Å². The fourth-order valence-electron chi connectivity index (χ4n) is 3.06. The van der Waals surface area contributed by atoms with Crippen LogP contribution in [0, 0.1) is 25.5 Å². The van der Waals surface area contributed by atoms with E-state index >= 15 is 0 Å². The van der Waals surface area contributed by atoms with E-state index in [1.165, 1.54) is 6.20 Å². The summed E-state index contributed by atoms with van der Waals surface area (Å²) in [7, 11) is 0. The number of hydrogen-bond donors (Lipinski definition) is 0. The maximum absolute atomic E-state index is 13.9. The molecule has 1 aromatic heterocycles. The molecule has 0 bridgehead atoms. The van der Waals surface area contributed by atoms with Crippen LogP contribution in [-0.4, -0.2) is 15.8 Å². The van der Waals surface area contributed by atoms with Gasteiger partial charge in [0.2, 0.25) is 6.29 Å². The Bertz CT molecular complexity index is 1050. The summed E-state index contributed by atoms with van der Waals surface area (Å²) in [5.41, 5.74) is 2.49. The number of hydrogen-bond acceptors (Lipinski definition) is 3. The lowest BCUT2D eigenvalue weighted by Gasteiger charge is -2.31. The van der Waals surface area contributed by atoms with Crippen molar-refractivity contribution >= 4 is 22.9 Å². The van der Waals surface area contributed by atoms with Gasteiger partial charge in [0, 0.05) is 24.0 Å². The Morgan fingerprint density at radius 3 is 2.38 bits per heavy atom. The summed E-state index contributed by atoms with van der Waals surface area (Å²) in [4.78, 5) is 10.2. The van der Waals surface area contributed by atoms with Gasteiger partial charge in [-0.2, -0.15) is 0 Å². The molecule has 132 valence electrons. The van der Waals surface area contributed by atoms with Gasteiger partial charge in [0.15, 0.2) is 17.5 Å². The zero-order valence-electron chi connectivity index (χ0n) is 14.1. The Balaban J connectivity index is 1.89. The van der Waals surface area contributed by atoms with Crippen LogP contribution < -0.4 is 4.90 Å². The minimum Gasteiger partial charge on any atom is -0.305 e. The van der Waals surface area contributed by atoms with E-state index in [2.05, 4.69) is 9.98 Å². The standard InChI is InChI=1S/C19H15F3N4/c1-11-3-5-14(6-4-11)25-10-13(20)9-23-19(25)26-12(2)24-17-7-15(21)16(22)8-18(17)26/h3-10,19H,1-2H3. The summed E-state index contributed by atoms with van der Waals surface area (Å²) >= 11 is 0. The van der Waals surface area contributed by atoms with Gasteiger partial charge in [0.05, 0.1) is 17.2 Å². The second kappa shape index (κ2) is 6.01. The Labute approximate surface area is 147 Å². The predicted octanol–water partition coefficient (Wildman–Crippen LogP) is 4.79. The molecule has 3 aromatic rings. The second-order valence-electron chi connectivity index (χ2n) is 6.17. The molecule has 1 atom stereocenters. The van der Waals surface area contributed by atoms with Crippen LogP contribution in [0.5, 0.6) is 0 Å². The van der Waals surface area contributed by atoms with Crippen LogP contribution in [0.15, 0.2) is 53.4 Å². The van der Waals surface area contributed by atoms with Gasteiger partial charge in [0.25, 0.3) is 0 Å². The fraction of sp³-hybridized carbons (Fsp3) is 0.158. The first kappa shape index (κ1) is 16.4. The average molecular weight is 356 g/mol. The highest BCUT2D eigenvalue weighted by Gasteiger charge is 2.26. The maximum atomic E-state index is 13.9. The van der Waals surface area contributed by atoms with Gasteiger partial charge in [-0.05, 0) is 26.0 Å². The first-order chi connectivity index (χ1) is 12.4. The zero-order valence-corrected chi connectivity index (χ0v) is 14.1. The average Bonchev–Trinajstić information content (AvgIpc) is 2.91. The second-order valence-corrected chi connectivity index (χ2v) is 6.17. The summed E-state index contributed by atoms with van der Waals surface area (Å²) < 4.78 is 42.9. The number of allylic oxidation sites excluding steroid dienone is 1. The molecule has 26 heavy (non-hydrogen) atoms. The number of aliphatic imine (C=N–C) groups is 1. The molecule has 2 aromatic carbocycles. The number of nitrogens with zero attached hydrogens (tertiary/aromatic N) is 4. The molecule has 1 aliphatic rings. The summed E-state index contributed by atoms with van der Waals surface area (Å²) in [5, 5.41) is 0. The molecule has 0 saturated heterocycles. The van der Waals surface area contributed by atoms with Crippen LogP contribution in [0.3, 0.4) is 0 Å². The molecule has 0 N–H and O–H groups in total. The largest absolute Gasteiger partial charge is 0.305 e. The van der Waals surface area contributed by atoms with Gasteiger partial charge in [-0.1, -0.05) is 17.7 Å². The third kappa shape index (κ3) is 2.65. The normalized spacial score (nSPS) is 17.0. The van der Waals surface area contributed by atoms with Gasteiger partial charge >= 0.3 is 0 Å². The number of fused-ring (bicyclic) bond motifs is 1. The molecule has 0 aliphatic carbocycles. The Morgan fingerprint density at radius 2 is 1.65 bits per heavy atom. The van der Waals surface area contributed by atoms with Gasteiger partial charge in [-0.3, -0.25) is 4.57 Å². The molecule has 0 amide bonds. The number of rotatable bonds is 2. The number of anilines is 1. The minimum atomic E-state index is -0.970. The SMILES string of the molecule is Cc1ccc(N2C=C(F)C=NC2n2c(C)nc3cc(F)c(F)cc32)cc1. The molecule has 1 aliphatic heterocycles. The lowest BCUT2D eigenvalue weighted by Crippen LogP contribution is -2.30. The van der Waals surface area contributed by atoms with E-state index in [0.29, 0.717) is 16.9 Å². The smallest absolute Gasteiger partial charge is 0.208 e. The molecule has 0 saturated carbocycles. The first-order valence-electron chi connectivity index (χ1n) is 8.03. The summed E-state index contributed by atoms with van der Waals surface area (Å²) in [6.45, 7) is 3.67. The molecule has 0 radical (unpaired) electrons. The Morgan fingerprint density at radius 1 is 0.962 bits per heavy atom. The van der Waals surface area contributed by atoms with Crippen LogP contribution in [-0.2, 0) is 0 Å². The van der Waals surface area contributed by atoms with Crippen molar-refractivity contribution in [3.63, 3.8) is 0 Å². The van der Waals surface area contributed by atoms with E-state index in [9.17, 15) is 13.2 Å². The summed E-state index contributed by atoms with van der Waals surface area (Å²) in [6, 6.07) is 9.65. The van der Waals surface area contributed by atoms with Crippen LogP contribution >= 0.6 is 0 Å². The molecule has 0 fully saturated rings. The van der Waals surface area contributed by atoms with Crippen molar-refractivity contribution in [1.29, 1.82) is 0 Å². The minimum absolute atomic E-state index is 0.315. The molecule has 7 heteroatoms. The Hall–Kier alpha value is -3.09. The number of aryl methyl sites for hydroxylation is 2. The highest BCUT2D eigenvalue weighted by molar-refractivity contribution is 5.80. The monoisotopic (exact) mass is 356 g/mol. The maximum Gasteiger partial charge on any atom is 0.208 e. The van der Waals surface area contributed by atoms with E-state index in [1.54, 1.807) is 16.4 Å². The number of aromatic nitrogens is 2. The number of benzene rings is 2. The summed E-state index contributed by atoms with van der Waals surface area (Å²) in [5.74, 6) is -1.92.